The minimum atomic E-state index is -4.34. The van der Waals surface area contributed by atoms with Gasteiger partial charge in [-0.15, -0.1) is 0 Å². The van der Waals surface area contributed by atoms with Gasteiger partial charge in [-0.1, -0.05) is 0 Å². The summed E-state index contributed by atoms with van der Waals surface area (Å²) < 4.78 is 79.2. The number of pyridine rings is 1. The van der Waals surface area contributed by atoms with Crippen molar-refractivity contribution in [2.24, 2.45) is 5.73 Å². The average molecular weight is 345 g/mol. The van der Waals surface area contributed by atoms with E-state index in [0.717, 1.165) is 18.3 Å². The van der Waals surface area contributed by atoms with Crippen molar-refractivity contribution in [3.63, 3.8) is 0 Å². The fourth-order valence-corrected chi connectivity index (χ4v) is 1.22. The molecule has 1 amide bonds. The zero-order chi connectivity index (χ0) is 17.7. The molecule has 0 fully saturated rings. The van der Waals surface area contributed by atoms with Gasteiger partial charge in [0.05, 0.1) is 18.7 Å². The van der Waals surface area contributed by atoms with Gasteiger partial charge in [0.2, 0.25) is 5.88 Å². The number of hydrogen-bond donors (Lipinski definition) is 2. The van der Waals surface area contributed by atoms with Crippen LogP contribution >= 0.6 is 0 Å². The Labute approximate surface area is 126 Å². The van der Waals surface area contributed by atoms with E-state index in [1.54, 1.807) is 0 Å². The van der Waals surface area contributed by atoms with Crippen molar-refractivity contribution in [2.45, 2.75) is 18.3 Å². The van der Waals surface area contributed by atoms with E-state index in [1.807, 2.05) is 5.32 Å². The summed E-state index contributed by atoms with van der Waals surface area (Å²) in [7, 11) is 0. The largest absolute Gasteiger partial charge is 0.471 e. The third-order valence-corrected chi connectivity index (χ3v) is 2.54. The normalized spacial score (nSPS) is 12.3. The molecule has 1 rings (SSSR count). The SMILES string of the molecule is NCC(F)(F)CNC(=O)c1ccc(OCC(F)(F)C(F)F)nc1. The molecule has 0 saturated carbocycles. The monoisotopic (exact) mass is 345 g/mol. The van der Waals surface area contributed by atoms with E-state index in [4.69, 9.17) is 5.73 Å². The molecule has 0 aliphatic heterocycles. The predicted molar refractivity (Wildman–Crippen MR) is 67.0 cm³/mol. The van der Waals surface area contributed by atoms with Gasteiger partial charge in [0.1, 0.15) is 0 Å². The third kappa shape index (κ3) is 5.93. The Hall–Kier alpha value is -2.04. The number of nitrogens with one attached hydrogen (secondary N) is 1. The lowest BCUT2D eigenvalue weighted by Gasteiger charge is -2.16. The first-order chi connectivity index (χ1) is 10.6. The maximum absolute atomic E-state index is 12.9. The Morgan fingerprint density at radius 2 is 1.96 bits per heavy atom. The fraction of sp³-hybridized carbons (Fsp3) is 0.500. The van der Waals surface area contributed by atoms with Gasteiger partial charge in [0.15, 0.2) is 6.61 Å². The lowest BCUT2D eigenvalue weighted by Crippen LogP contribution is -2.41. The minimum absolute atomic E-state index is 0.147. The van der Waals surface area contributed by atoms with Gasteiger partial charge in [-0.2, -0.15) is 8.78 Å². The van der Waals surface area contributed by atoms with E-state index in [9.17, 15) is 31.1 Å². The molecule has 0 radical (unpaired) electrons. The highest BCUT2D eigenvalue weighted by Crippen LogP contribution is 2.23. The zero-order valence-corrected chi connectivity index (χ0v) is 11.5. The second kappa shape index (κ2) is 7.49. The van der Waals surface area contributed by atoms with Crippen LogP contribution in [0.15, 0.2) is 18.3 Å². The van der Waals surface area contributed by atoms with Crippen LogP contribution in [0.4, 0.5) is 26.3 Å². The molecule has 1 heterocycles. The summed E-state index contributed by atoms with van der Waals surface area (Å²) in [6.07, 6.45) is -3.03. The van der Waals surface area contributed by atoms with Crippen molar-refractivity contribution >= 4 is 5.91 Å². The van der Waals surface area contributed by atoms with Crippen molar-refractivity contribution in [2.75, 3.05) is 19.7 Å². The molecule has 3 N–H and O–H groups in total. The summed E-state index contributed by atoms with van der Waals surface area (Å²) >= 11 is 0. The smallest absolute Gasteiger partial charge is 0.340 e. The standard InChI is InChI=1S/C12H13F6N3O2/c13-10(14)12(17,18)6-23-8-2-1-7(3-20-8)9(22)21-5-11(15,16)4-19/h1-3,10H,4-6,19H2,(H,21,22). The molecule has 23 heavy (non-hydrogen) atoms. The predicted octanol–water partition coefficient (Wildman–Crippen LogP) is 1.68. The molecule has 0 aromatic carbocycles. The van der Waals surface area contributed by atoms with Crippen LogP contribution in [0, 0.1) is 0 Å². The summed E-state index contributed by atoms with van der Waals surface area (Å²) in [6, 6.07) is 2.02. The molecule has 0 aliphatic carbocycles. The minimum Gasteiger partial charge on any atom is -0.471 e. The first-order valence-electron chi connectivity index (χ1n) is 6.18. The van der Waals surface area contributed by atoms with E-state index in [-0.39, 0.29) is 5.56 Å². The van der Waals surface area contributed by atoms with Gasteiger partial charge >= 0.3 is 12.3 Å². The van der Waals surface area contributed by atoms with Gasteiger partial charge in [-0.25, -0.2) is 22.5 Å². The number of alkyl halides is 6. The highest BCUT2D eigenvalue weighted by Gasteiger charge is 2.41. The molecule has 0 aliphatic rings. The fourth-order valence-electron chi connectivity index (χ4n) is 1.22. The maximum Gasteiger partial charge on any atom is 0.340 e. The molecule has 0 saturated heterocycles. The highest BCUT2D eigenvalue weighted by atomic mass is 19.3. The van der Waals surface area contributed by atoms with E-state index < -0.39 is 49.8 Å². The number of carbonyl (C=O) groups excluding carboxylic acids is 1. The quantitative estimate of drug-likeness (QED) is 0.703. The molecule has 0 spiro atoms. The third-order valence-electron chi connectivity index (χ3n) is 2.54. The van der Waals surface area contributed by atoms with Crippen LogP contribution in [-0.2, 0) is 0 Å². The first kappa shape index (κ1) is 19.0. The highest BCUT2D eigenvalue weighted by molar-refractivity contribution is 5.93. The molecule has 1 aromatic heterocycles. The Morgan fingerprint density at radius 1 is 1.30 bits per heavy atom. The Morgan fingerprint density at radius 3 is 2.43 bits per heavy atom. The second-order valence-electron chi connectivity index (χ2n) is 4.48. The van der Waals surface area contributed by atoms with Crippen molar-refractivity contribution in [3.05, 3.63) is 23.9 Å². The first-order valence-corrected chi connectivity index (χ1v) is 6.18. The van der Waals surface area contributed by atoms with Crippen LogP contribution in [-0.4, -0.2) is 48.9 Å². The number of carbonyl (C=O) groups is 1. The maximum atomic E-state index is 12.9. The Kier molecular flexibility index (Phi) is 6.19. The zero-order valence-electron chi connectivity index (χ0n) is 11.5. The van der Waals surface area contributed by atoms with Crippen LogP contribution < -0.4 is 15.8 Å². The molecular formula is C12H13F6N3O2. The molecule has 1 aromatic rings. The molecule has 0 atom stereocenters. The summed E-state index contributed by atoms with van der Waals surface area (Å²) in [5.41, 5.74) is 4.65. The van der Waals surface area contributed by atoms with Crippen LogP contribution in [0.5, 0.6) is 5.88 Å². The number of nitrogens with two attached hydrogens (primary N) is 1. The number of hydrogen-bond acceptors (Lipinski definition) is 4. The number of halogens is 6. The lowest BCUT2D eigenvalue weighted by molar-refractivity contribution is -0.148. The van der Waals surface area contributed by atoms with Gasteiger partial charge in [-0.05, 0) is 6.07 Å². The van der Waals surface area contributed by atoms with Crippen molar-refractivity contribution in [3.8, 4) is 5.88 Å². The number of rotatable bonds is 8. The van der Waals surface area contributed by atoms with Gasteiger partial charge in [-0.3, -0.25) is 4.79 Å². The lowest BCUT2D eigenvalue weighted by atomic mass is 10.2. The number of aromatic nitrogens is 1. The summed E-state index contributed by atoms with van der Waals surface area (Å²) in [5.74, 6) is -8.93. The molecule has 5 nitrogen and oxygen atoms in total. The van der Waals surface area contributed by atoms with Crippen molar-refractivity contribution in [1.82, 2.24) is 10.3 Å². The van der Waals surface area contributed by atoms with E-state index >= 15 is 0 Å². The molecule has 130 valence electrons. The van der Waals surface area contributed by atoms with Crippen molar-refractivity contribution < 1.29 is 35.9 Å². The number of nitrogens with zero attached hydrogens (tertiary/aromatic N) is 1. The van der Waals surface area contributed by atoms with Gasteiger partial charge in [0, 0.05) is 12.3 Å². The number of ether oxygens (including phenoxy) is 1. The van der Waals surface area contributed by atoms with Crippen LogP contribution in [0.3, 0.4) is 0 Å². The number of amides is 1. The second-order valence-corrected chi connectivity index (χ2v) is 4.48. The van der Waals surface area contributed by atoms with Gasteiger partial charge in [0.25, 0.3) is 11.8 Å². The average Bonchev–Trinajstić information content (AvgIpc) is 2.51. The summed E-state index contributed by atoms with van der Waals surface area (Å²) in [5, 5.41) is 1.91. The summed E-state index contributed by atoms with van der Waals surface area (Å²) in [4.78, 5) is 15.0. The van der Waals surface area contributed by atoms with Crippen LogP contribution in [0.1, 0.15) is 10.4 Å². The van der Waals surface area contributed by atoms with Crippen LogP contribution in [0.25, 0.3) is 0 Å². The molecule has 0 bridgehead atoms. The van der Waals surface area contributed by atoms with E-state index in [2.05, 4.69) is 9.72 Å². The van der Waals surface area contributed by atoms with Crippen molar-refractivity contribution in [1.29, 1.82) is 0 Å². The molecular weight excluding hydrogens is 332 g/mol. The molecule has 11 heteroatoms. The van der Waals surface area contributed by atoms with Crippen LogP contribution in [0.2, 0.25) is 0 Å². The topological polar surface area (TPSA) is 77.2 Å². The molecule has 0 unspecified atom stereocenters. The Bertz CT molecular complexity index is 524. The summed E-state index contributed by atoms with van der Waals surface area (Å²) in [6.45, 7) is -3.52. The Balaban J connectivity index is 2.58. The van der Waals surface area contributed by atoms with E-state index in [1.165, 1.54) is 0 Å². The van der Waals surface area contributed by atoms with E-state index in [0.29, 0.717) is 0 Å². The van der Waals surface area contributed by atoms with Gasteiger partial charge < -0.3 is 15.8 Å².